The number of aromatic nitrogens is 4. The van der Waals surface area contributed by atoms with Crippen LogP contribution >= 0.6 is 23.1 Å². The first-order valence-electron chi connectivity index (χ1n) is 8.58. The SMILES string of the molecule is COc1ccc(-c2noc(CSc3nnc(Nc4ccccc4)s3)n2)c(OC)c1. The van der Waals surface area contributed by atoms with E-state index >= 15 is 0 Å². The van der Waals surface area contributed by atoms with Crippen LogP contribution in [0, 0.1) is 0 Å². The summed E-state index contributed by atoms with van der Waals surface area (Å²) in [6, 6.07) is 15.3. The Morgan fingerprint density at radius 3 is 2.72 bits per heavy atom. The van der Waals surface area contributed by atoms with Crippen molar-refractivity contribution >= 4 is 33.9 Å². The van der Waals surface area contributed by atoms with E-state index in [2.05, 4.69) is 25.7 Å². The van der Waals surface area contributed by atoms with E-state index in [-0.39, 0.29) is 0 Å². The fraction of sp³-hybridized carbons (Fsp3) is 0.158. The van der Waals surface area contributed by atoms with E-state index in [4.69, 9.17) is 14.0 Å². The molecule has 10 heteroatoms. The molecular formula is C19H17N5O3S2. The van der Waals surface area contributed by atoms with Gasteiger partial charge in [-0.2, -0.15) is 4.98 Å². The quantitative estimate of drug-likeness (QED) is 0.403. The fourth-order valence-corrected chi connectivity index (χ4v) is 4.10. The molecule has 8 nitrogen and oxygen atoms in total. The molecule has 4 aromatic rings. The van der Waals surface area contributed by atoms with Gasteiger partial charge in [-0.25, -0.2) is 0 Å². The molecule has 0 aliphatic carbocycles. The highest BCUT2D eigenvalue weighted by molar-refractivity contribution is 8.00. The lowest BCUT2D eigenvalue weighted by molar-refractivity contribution is 0.388. The molecule has 0 fully saturated rings. The number of nitrogens with one attached hydrogen (secondary N) is 1. The van der Waals surface area contributed by atoms with Gasteiger partial charge in [-0.05, 0) is 24.3 Å². The minimum absolute atomic E-state index is 0.462. The van der Waals surface area contributed by atoms with Crippen LogP contribution in [-0.4, -0.2) is 34.6 Å². The Morgan fingerprint density at radius 2 is 1.93 bits per heavy atom. The molecule has 0 atom stereocenters. The van der Waals surface area contributed by atoms with Crippen LogP contribution in [0.15, 0.2) is 57.4 Å². The van der Waals surface area contributed by atoms with Gasteiger partial charge in [-0.15, -0.1) is 10.2 Å². The second-order valence-corrected chi connectivity index (χ2v) is 7.93. The Hall–Kier alpha value is -3.11. The van der Waals surface area contributed by atoms with Crippen LogP contribution in [0.5, 0.6) is 11.5 Å². The van der Waals surface area contributed by atoms with Crippen molar-refractivity contribution in [1.82, 2.24) is 20.3 Å². The third-order valence-corrected chi connectivity index (χ3v) is 5.83. The van der Waals surface area contributed by atoms with Crippen LogP contribution in [0.25, 0.3) is 11.4 Å². The van der Waals surface area contributed by atoms with Gasteiger partial charge in [0.1, 0.15) is 11.5 Å². The smallest absolute Gasteiger partial charge is 0.237 e. The number of hydrogen-bond acceptors (Lipinski definition) is 10. The molecule has 0 unspecified atom stereocenters. The van der Waals surface area contributed by atoms with Crippen molar-refractivity contribution in [1.29, 1.82) is 0 Å². The average Bonchev–Trinajstić information content (AvgIpc) is 3.42. The topological polar surface area (TPSA) is 95.2 Å². The molecule has 29 heavy (non-hydrogen) atoms. The van der Waals surface area contributed by atoms with Gasteiger partial charge >= 0.3 is 0 Å². The Labute approximate surface area is 175 Å². The maximum absolute atomic E-state index is 5.40. The second-order valence-electron chi connectivity index (χ2n) is 5.73. The summed E-state index contributed by atoms with van der Waals surface area (Å²) < 4.78 is 16.8. The number of benzene rings is 2. The normalized spacial score (nSPS) is 10.7. The van der Waals surface area contributed by atoms with Crippen LogP contribution in [0.3, 0.4) is 0 Å². The molecule has 148 valence electrons. The van der Waals surface area contributed by atoms with Crippen molar-refractivity contribution in [3.8, 4) is 22.9 Å². The number of anilines is 2. The third kappa shape index (κ3) is 4.66. The van der Waals surface area contributed by atoms with E-state index in [0.717, 1.165) is 20.7 Å². The van der Waals surface area contributed by atoms with Crippen molar-refractivity contribution in [3.05, 3.63) is 54.4 Å². The molecule has 2 heterocycles. The van der Waals surface area contributed by atoms with E-state index < -0.39 is 0 Å². The minimum atomic E-state index is 0.462. The highest BCUT2D eigenvalue weighted by Crippen LogP contribution is 2.33. The van der Waals surface area contributed by atoms with Gasteiger partial charge in [-0.3, -0.25) is 0 Å². The van der Waals surface area contributed by atoms with Crippen LogP contribution in [0.1, 0.15) is 5.89 Å². The maximum atomic E-state index is 5.40. The summed E-state index contributed by atoms with van der Waals surface area (Å²) in [5, 5.41) is 16.4. The summed E-state index contributed by atoms with van der Waals surface area (Å²) in [5.41, 5.74) is 1.70. The lowest BCUT2D eigenvalue weighted by Crippen LogP contribution is -1.91. The highest BCUT2D eigenvalue weighted by Gasteiger charge is 2.15. The van der Waals surface area contributed by atoms with Crippen LogP contribution in [0.4, 0.5) is 10.8 Å². The lowest BCUT2D eigenvalue weighted by Gasteiger charge is -2.07. The fourth-order valence-electron chi connectivity index (χ4n) is 2.49. The van der Waals surface area contributed by atoms with Crippen molar-refractivity contribution in [2.24, 2.45) is 0 Å². The summed E-state index contributed by atoms with van der Waals surface area (Å²) in [4.78, 5) is 4.46. The van der Waals surface area contributed by atoms with Gasteiger partial charge in [0.15, 0.2) is 4.34 Å². The largest absolute Gasteiger partial charge is 0.497 e. The van der Waals surface area contributed by atoms with E-state index in [1.165, 1.54) is 23.1 Å². The summed E-state index contributed by atoms with van der Waals surface area (Å²) >= 11 is 2.95. The first kappa shape index (κ1) is 19.2. The lowest BCUT2D eigenvalue weighted by atomic mass is 10.2. The molecule has 0 amide bonds. The molecule has 0 saturated carbocycles. The number of nitrogens with zero attached hydrogens (tertiary/aromatic N) is 4. The van der Waals surface area contributed by atoms with E-state index in [1.807, 2.05) is 42.5 Å². The number of ether oxygens (including phenoxy) is 2. The maximum Gasteiger partial charge on any atom is 0.237 e. The molecule has 0 spiro atoms. The molecule has 2 aromatic carbocycles. The zero-order valence-electron chi connectivity index (χ0n) is 15.7. The van der Waals surface area contributed by atoms with Crippen molar-refractivity contribution in [2.75, 3.05) is 19.5 Å². The van der Waals surface area contributed by atoms with Gasteiger partial charge in [-0.1, -0.05) is 46.5 Å². The zero-order valence-corrected chi connectivity index (χ0v) is 17.3. The predicted molar refractivity (Wildman–Crippen MR) is 112 cm³/mol. The Bertz CT molecular complexity index is 1080. The number of para-hydroxylation sites is 1. The monoisotopic (exact) mass is 427 g/mol. The van der Waals surface area contributed by atoms with Gasteiger partial charge in [0.25, 0.3) is 0 Å². The number of methoxy groups -OCH3 is 2. The Balaban J connectivity index is 1.40. The summed E-state index contributed by atoms with van der Waals surface area (Å²) in [6.07, 6.45) is 0. The standard InChI is InChI=1S/C19H17N5O3S2/c1-25-13-8-9-14(15(10-13)26-2)17-21-16(27-24-17)11-28-19-23-22-18(29-19)20-12-6-4-3-5-7-12/h3-10H,11H2,1-2H3,(H,20,22). The van der Waals surface area contributed by atoms with E-state index in [0.29, 0.717) is 29.0 Å². The van der Waals surface area contributed by atoms with Crippen LogP contribution in [0.2, 0.25) is 0 Å². The average molecular weight is 428 g/mol. The van der Waals surface area contributed by atoms with Crippen molar-refractivity contribution < 1.29 is 14.0 Å². The number of rotatable bonds is 8. The van der Waals surface area contributed by atoms with E-state index in [1.54, 1.807) is 20.3 Å². The molecule has 0 aliphatic rings. The number of thioether (sulfide) groups is 1. The first-order chi connectivity index (χ1) is 14.2. The molecule has 1 N–H and O–H groups in total. The van der Waals surface area contributed by atoms with Gasteiger partial charge in [0, 0.05) is 11.8 Å². The third-order valence-electron chi connectivity index (χ3n) is 3.87. The minimum Gasteiger partial charge on any atom is -0.497 e. The zero-order chi connectivity index (χ0) is 20.1. The van der Waals surface area contributed by atoms with Gasteiger partial charge in [0.2, 0.25) is 16.8 Å². The highest BCUT2D eigenvalue weighted by atomic mass is 32.2. The molecular weight excluding hydrogens is 410 g/mol. The number of hydrogen-bond donors (Lipinski definition) is 1. The van der Waals surface area contributed by atoms with Gasteiger partial charge in [0.05, 0.1) is 25.5 Å². The summed E-state index contributed by atoms with van der Waals surface area (Å²) in [6.45, 7) is 0. The Morgan fingerprint density at radius 1 is 1.07 bits per heavy atom. The predicted octanol–water partition coefficient (Wildman–Crippen LogP) is 4.64. The molecule has 4 rings (SSSR count). The van der Waals surface area contributed by atoms with Crippen LogP contribution in [-0.2, 0) is 5.75 Å². The summed E-state index contributed by atoms with van der Waals surface area (Å²) in [5.74, 6) is 2.76. The Kier molecular flexibility index (Phi) is 5.92. The van der Waals surface area contributed by atoms with Crippen molar-refractivity contribution in [2.45, 2.75) is 10.1 Å². The van der Waals surface area contributed by atoms with E-state index in [9.17, 15) is 0 Å². The molecule has 0 bridgehead atoms. The molecule has 0 aliphatic heterocycles. The molecule has 0 saturated heterocycles. The summed E-state index contributed by atoms with van der Waals surface area (Å²) in [7, 11) is 3.19. The van der Waals surface area contributed by atoms with Gasteiger partial charge < -0.3 is 19.3 Å². The first-order valence-corrected chi connectivity index (χ1v) is 10.4. The van der Waals surface area contributed by atoms with Crippen molar-refractivity contribution in [3.63, 3.8) is 0 Å². The second kappa shape index (κ2) is 8.93. The molecule has 0 radical (unpaired) electrons. The molecule has 2 aromatic heterocycles. The van der Waals surface area contributed by atoms with Crippen LogP contribution < -0.4 is 14.8 Å².